The van der Waals surface area contributed by atoms with Gasteiger partial charge in [0.25, 0.3) is 11.5 Å². The van der Waals surface area contributed by atoms with Crippen LogP contribution in [-0.4, -0.2) is 96.4 Å². The lowest BCUT2D eigenvalue weighted by Crippen LogP contribution is -2.84. The molecule has 1 aliphatic carbocycles. The van der Waals surface area contributed by atoms with Gasteiger partial charge in [0, 0.05) is 62.9 Å². The molecule has 2 aliphatic heterocycles. The number of hydroxylamine groups is 1. The average Bonchev–Trinajstić information content (AvgIpc) is 3.00. The Morgan fingerprint density at radius 3 is 2.62 bits per heavy atom. The van der Waals surface area contributed by atoms with E-state index in [1.807, 2.05) is 13.0 Å². The Kier molecular flexibility index (Phi) is 9.61. The molecule has 1 aromatic carbocycles. The van der Waals surface area contributed by atoms with E-state index in [0.29, 0.717) is 35.6 Å². The summed E-state index contributed by atoms with van der Waals surface area (Å²) in [6, 6.07) is 10.9. The summed E-state index contributed by atoms with van der Waals surface area (Å²) in [6.07, 6.45) is 3.59. The number of halogens is 1. The van der Waals surface area contributed by atoms with Gasteiger partial charge < -0.3 is 19.4 Å². The third-order valence-corrected chi connectivity index (χ3v) is 9.86. The summed E-state index contributed by atoms with van der Waals surface area (Å²) in [4.78, 5) is 40.3. The first-order chi connectivity index (χ1) is 20.2. The van der Waals surface area contributed by atoms with Gasteiger partial charge in [-0.25, -0.2) is 5.48 Å². The molecular formula is C31H44ClN5O5. The quantitative estimate of drug-likeness (QED) is 0.282. The number of carbonyl (C=O) groups is 1. The van der Waals surface area contributed by atoms with E-state index < -0.39 is 16.6 Å². The number of H-pyrrole nitrogens is 1. The Balaban J connectivity index is 1.48. The topological polar surface area (TPSA) is 108 Å². The zero-order chi connectivity index (χ0) is 29.9. The van der Waals surface area contributed by atoms with Gasteiger partial charge in [-0.15, -0.1) is 11.6 Å². The van der Waals surface area contributed by atoms with Crippen LogP contribution in [0.2, 0.25) is 0 Å². The third-order valence-electron chi connectivity index (χ3n) is 9.10. The van der Waals surface area contributed by atoms with Crippen LogP contribution in [-0.2, 0) is 16.0 Å². The summed E-state index contributed by atoms with van der Waals surface area (Å²) in [5, 5.41) is 3.37. The Bertz CT molecular complexity index is 1290. The normalized spacial score (nSPS) is 30.5. The predicted molar refractivity (Wildman–Crippen MR) is 162 cm³/mol. The fourth-order valence-corrected chi connectivity index (χ4v) is 7.17. The van der Waals surface area contributed by atoms with Crippen molar-refractivity contribution in [2.45, 2.75) is 74.7 Å². The molecule has 3 fully saturated rings. The number of amides is 1. The highest BCUT2D eigenvalue weighted by Crippen LogP contribution is 2.52. The Morgan fingerprint density at radius 1 is 1.21 bits per heavy atom. The van der Waals surface area contributed by atoms with Crippen molar-refractivity contribution in [1.82, 2.24) is 25.6 Å². The van der Waals surface area contributed by atoms with Crippen LogP contribution in [0.5, 0.6) is 5.75 Å². The van der Waals surface area contributed by atoms with Crippen molar-refractivity contribution in [3.05, 3.63) is 63.6 Å². The van der Waals surface area contributed by atoms with Crippen LogP contribution in [0.15, 0.2) is 41.2 Å². The number of nitrogens with zero attached hydrogens (tertiary/aromatic N) is 2. The predicted octanol–water partition coefficient (Wildman–Crippen LogP) is 2.84. The number of aromatic amines is 1. The lowest BCUT2D eigenvalue weighted by molar-refractivity contribution is -0.217. The summed E-state index contributed by atoms with van der Waals surface area (Å²) in [7, 11) is 3.68. The molecule has 1 amide bonds. The van der Waals surface area contributed by atoms with Gasteiger partial charge >= 0.3 is 0 Å². The van der Waals surface area contributed by atoms with Crippen molar-refractivity contribution in [2.24, 2.45) is 0 Å². The molecule has 0 radical (unpaired) electrons. The van der Waals surface area contributed by atoms with Crippen LogP contribution >= 0.6 is 11.6 Å². The number of alkyl halides is 1. The first kappa shape index (κ1) is 31.0. The van der Waals surface area contributed by atoms with Gasteiger partial charge in [-0.05, 0) is 51.4 Å². The second-order valence-electron chi connectivity index (χ2n) is 12.0. The smallest absolute Gasteiger partial charge is 0.274 e. The van der Waals surface area contributed by atoms with E-state index in [-0.39, 0.29) is 30.0 Å². The minimum Gasteiger partial charge on any atom is -0.496 e. The highest BCUT2D eigenvalue weighted by Gasteiger charge is 2.68. The Labute approximate surface area is 253 Å². The highest BCUT2D eigenvalue weighted by atomic mass is 35.5. The summed E-state index contributed by atoms with van der Waals surface area (Å²) in [6.45, 7) is 8.19. The van der Waals surface area contributed by atoms with Crippen molar-refractivity contribution in [3.63, 3.8) is 0 Å². The fraction of sp³-hybridized carbons (Fsp3) is 0.613. The molecule has 10 nitrogen and oxygen atoms in total. The number of hydrogen-bond acceptors (Lipinski definition) is 8. The second kappa shape index (κ2) is 13.0. The lowest BCUT2D eigenvalue weighted by atomic mass is 9.65. The lowest BCUT2D eigenvalue weighted by Gasteiger charge is -2.65. The molecule has 3 N–H and O–H groups in total. The maximum absolute atomic E-state index is 13.2. The summed E-state index contributed by atoms with van der Waals surface area (Å²) in [5.74, 6) is 0.0987. The molecular weight excluding hydrogens is 558 g/mol. The number of hydrogen-bond donors (Lipinski definition) is 3. The number of ether oxygens (including phenoxy) is 2. The molecule has 3 heterocycles. The van der Waals surface area contributed by atoms with Gasteiger partial charge in [0.1, 0.15) is 11.4 Å². The zero-order valence-electron chi connectivity index (χ0n) is 25.1. The molecule has 1 saturated carbocycles. The molecule has 2 saturated heterocycles. The van der Waals surface area contributed by atoms with E-state index in [0.717, 1.165) is 45.4 Å². The number of nitrogens with one attached hydrogen (secondary N) is 3. The fourth-order valence-electron chi connectivity index (χ4n) is 6.69. The number of likely N-dealkylation sites (N-methyl/N-ethyl adjacent to an activating group) is 1. The SMILES string of the molecule is CCC1CC(NC2(N3CCN(C)CC3)CC(Cc3c(OC)cc(C)[nH]c3=O)(ONC(=O)c3ccccc3)C2Cl)CCO1. The third kappa shape index (κ3) is 6.25. The van der Waals surface area contributed by atoms with Crippen molar-refractivity contribution in [1.29, 1.82) is 0 Å². The van der Waals surface area contributed by atoms with Gasteiger partial charge in [-0.2, -0.15) is 0 Å². The number of rotatable bonds is 10. The van der Waals surface area contributed by atoms with Crippen molar-refractivity contribution >= 4 is 17.5 Å². The van der Waals surface area contributed by atoms with Gasteiger partial charge in [-0.3, -0.25) is 24.6 Å². The maximum Gasteiger partial charge on any atom is 0.274 e. The molecule has 42 heavy (non-hydrogen) atoms. The maximum atomic E-state index is 13.2. The van der Waals surface area contributed by atoms with Gasteiger partial charge in [0.2, 0.25) is 0 Å². The number of piperazine rings is 1. The molecule has 2 aromatic rings. The number of benzene rings is 1. The zero-order valence-corrected chi connectivity index (χ0v) is 25.8. The van der Waals surface area contributed by atoms with Gasteiger partial charge in [0.05, 0.1) is 29.8 Å². The van der Waals surface area contributed by atoms with Crippen molar-refractivity contribution in [3.8, 4) is 5.75 Å². The van der Waals surface area contributed by atoms with Gasteiger partial charge in [-0.1, -0.05) is 25.1 Å². The molecule has 5 rings (SSSR count). The van der Waals surface area contributed by atoms with E-state index in [2.05, 4.69) is 39.6 Å². The van der Waals surface area contributed by atoms with E-state index in [9.17, 15) is 9.59 Å². The van der Waals surface area contributed by atoms with Crippen LogP contribution in [0.4, 0.5) is 0 Å². The minimum atomic E-state index is -1.08. The molecule has 5 unspecified atom stereocenters. The van der Waals surface area contributed by atoms with Crippen LogP contribution < -0.4 is 21.1 Å². The van der Waals surface area contributed by atoms with E-state index in [1.54, 1.807) is 37.4 Å². The van der Waals surface area contributed by atoms with E-state index in [4.69, 9.17) is 25.9 Å². The second-order valence-corrected chi connectivity index (χ2v) is 12.4. The average molecular weight is 602 g/mol. The summed E-state index contributed by atoms with van der Waals surface area (Å²) in [5.41, 5.74) is 2.36. The van der Waals surface area contributed by atoms with E-state index in [1.165, 1.54) is 0 Å². The number of aryl methyl sites for hydroxylation is 1. The van der Waals surface area contributed by atoms with Crippen LogP contribution in [0.25, 0.3) is 0 Å². The summed E-state index contributed by atoms with van der Waals surface area (Å²) >= 11 is 7.53. The molecule has 0 bridgehead atoms. The monoisotopic (exact) mass is 601 g/mol. The summed E-state index contributed by atoms with van der Waals surface area (Å²) < 4.78 is 11.6. The molecule has 11 heteroatoms. The first-order valence-corrected chi connectivity index (χ1v) is 15.4. The van der Waals surface area contributed by atoms with E-state index >= 15 is 0 Å². The van der Waals surface area contributed by atoms with Crippen LogP contribution in [0.3, 0.4) is 0 Å². The Hall–Kier alpha value is -2.47. The largest absolute Gasteiger partial charge is 0.496 e. The number of methoxy groups -OCH3 is 1. The highest BCUT2D eigenvalue weighted by molar-refractivity contribution is 6.23. The van der Waals surface area contributed by atoms with Gasteiger partial charge in [0.15, 0.2) is 0 Å². The minimum absolute atomic E-state index is 0.164. The standard InChI is InChI=1S/C31H44ClN5O5/c1-5-24-18-23(11-16-41-24)34-31(37-14-12-36(3)13-15-37)20-30(29(31)32,42-35-27(38)22-9-7-6-8-10-22)19-25-26(40-4)17-21(2)33-28(25)39/h6-10,17,23-24,29,34H,5,11-16,18-20H2,1-4H3,(H,33,39)(H,35,38). The molecule has 5 atom stereocenters. The number of pyridine rings is 1. The molecule has 0 spiro atoms. The van der Waals surface area contributed by atoms with Crippen LogP contribution in [0.1, 0.15) is 54.2 Å². The molecule has 230 valence electrons. The number of aromatic nitrogens is 1. The van der Waals surface area contributed by atoms with Crippen molar-refractivity contribution in [2.75, 3.05) is 46.9 Å². The Morgan fingerprint density at radius 2 is 1.95 bits per heavy atom. The first-order valence-electron chi connectivity index (χ1n) is 15.0. The number of carbonyl (C=O) groups excluding carboxylic acids is 1. The molecule has 1 aromatic heterocycles. The van der Waals surface area contributed by atoms with Crippen molar-refractivity contribution < 1.29 is 19.1 Å². The molecule has 3 aliphatic rings. The van der Waals surface area contributed by atoms with Crippen LogP contribution in [0, 0.1) is 6.92 Å².